The average molecular weight is 255 g/mol. The summed E-state index contributed by atoms with van der Waals surface area (Å²) in [7, 11) is 0. The van der Waals surface area contributed by atoms with Crippen LogP contribution in [0.4, 0.5) is 0 Å². The van der Waals surface area contributed by atoms with Crippen LogP contribution in [0.1, 0.15) is 31.4 Å². The number of piperidine rings is 1. The smallest absolute Gasteiger partial charge is 0.193 e. The van der Waals surface area contributed by atoms with Crippen molar-refractivity contribution in [3.05, 3.63) is 23.1 Å². The van der Waals surface area contributed by atoms with Crippen LogP contribution in [0.2, 0.25) is 5.22 Å². The lowest BCUT2D eigenvalue weighted by atomic mass is 10.0. The highest BCUT2D eigenvalue weighted by molar-refractivity contribution is 6.28. The maximum atomic E-state index is 5.74. The van der Waals surface area contributed by atoms with Crippen LogP contribution in [0, 0.1) is 0 Å². The first-order chi connectivity index (χ1) is 8.31. The molecule has 2 fully saturated rings. The summed E-state index contributed by atoms with van der Waals surface area (Å²) in [5, 5.41) is 4.03. The first kappa shape index (κ1) is 11.6. The van der Waals surface area contributed by atoms with Gasteiger partial charge in [-0.3, -0.25) is 0 Å². The lowest BCUT2D eigenvalue weighted by Crippen LogP contribution is -2.43. The molecule has 1 aromatic heterocycles. The molecule has 4 heteroatoms. The first-order valence-corrected chi connectivity index (χ1v) is 6.91. The fourth-order valence-electron chi connectivity index (χ4n) is 2.60. The minimum Gasteiger partial charge on any atom is -0.448 e. The summed E-state index contributed by atoms with van der Waals surface area (Å²) in [5.74, 6) is 0.930. The Morgan fingerprint density at radius 1 is 1.24 bits per heavy atom. The number of halogens is 1. The van der Waals surface area contributed by atoms with E-state index in [0.717, 1.165) is 18.3 Å². The van der Waals surface area contributed by atoms with Crippen LogP contribution in [0.15, 0.2) is 16.5 Å². The first-order valence-electron chi connectivity index (χ1n) is 6.53. The molecule has 2 heterocycles. The number of furan rings is 1. The lowest BCUT2D eigenvalue weighted by molar-refractivity contribution is 0.187. The van der Waals surface area contributed by atoms with Crippen LogP contribution in [0.25, 0.3) is 0 Å². The number of nitrogens with one attached hydrogen (secondary N) is 1. The molecular weight excluding hydrogens is 236 g/mol. The summed E-state index contributed by atoms with van der Waals surface area (Å²) in [5.41, 5.74) is 0. The molecule has 1 saturated heterocycles. The molecular formula is C13H19ClN2O. The van der Waals surface area contributed by atoms with Crippen LogP contribution in [0.3, 0.4) is 0 Å². The maximum Gasteiger partial charge on any atom is 0.193 e. The number of nitrogens with zero attached hydrogens (tertiary/aromatic N) is 1. The van der Waals surface area contributed by atoms with Crippen molar-refractivity contribution in [3.63, 3.8) is 0 Å². The van der Waals surface area contributed by atoms with Gasteiger partial charge >= 0.3 is 0 Å². The van der Waals surface area contributed by atoms with E-state index in [4.69, 9.17) is 16.0 Å². The van der Waals surface area contributed by atoms with Gasteiger partial charge in [-0.25, -0.2) is 0 Å². The highest BCUT2D eigenvalue weighted by Crippen LogP contribution is 2.29. The van der Waals surface area contributed by atoms with Crippen molar-refractivity contribution in [3.8, 4) is 0 Å². The van der Waals surface area contributed by atoms with Crippen molar-refractivity contribution in [1.29, 1.82) is 0 Å². The Hall–Kier alpha value is -0.510. The topological polar surface area (TPSA) is 28.4 Å². The van der Waals surface area contributed by atoms with Crippen LogP contribution in [-0.4, -0.2) is 30.1 Å². The van der Waals surface area contributed by atoms with E-state index >= 15 is 0 Å². The van der Waals surface area contributed by atoms with Crippen LogP contribution >= 0.6 is 11.6 Å². The third-order valence-corrected chi connectivity index (χ3v) is 3.99. The van der Waals surface area contributed by atoms with Gasteiger partial charge in [0.05, 0.1) is 6.54 Å². The summed E-state index contributed by atoms with van der Waals surface area (Å²) >= 11 is 5.74. The van der Waals surface area contributed by atoms with Crippen molar-refractivity contribution in [1.82, 2.24) is 10.2 Å². The normalized spacial score (nSPS) is 23.1. The Kier molecular flexibility index (Phi) is 3.41. The summed E-state index contributed by atoms with van der Waals surface area (Å²) in [6, 6.07) is 5.29. The van der Waals surface area contributed by atoms with E-state index in [0.29, 0.717) is 11.3 Å². The second kappa shape index (κ2) is 5.01. The monoisotopic (exact) mass is 254 g/mol. The fourth-order valence-corrected chi connectivity index (χ4v) is 2.76. The van der Waals surface area contributed by atoms with Crippen molar-refractivity contribution < 1.29 is 4.42 Å². The number of hydrogen-bond acceptors (Lipinski definition) is 3. The molecule has 0 aromatic carbocycles. The minimum atomic E-state index is 0.477. The predicted octanol–water partition coefficient (Wildman–Crippen LogP) is 2.65. The minimum absolute atomic E-state index is 0.477. The predicted molar refractivity (Wildman–Crippen MR) is 68.2 cm³/mol. The second-order valence-corrected chi connectivity index (χ2v) is 5.50. The Labute approximate surface area is 107 Å². The van der Waals surface area contributed by atoms with Gasteiger partial charge in [0.15, 0.2) is 5.22 Å². The number of hydrogen-bond donors (Lipinski definition) is 1. The molecule has 0 unspecified atom stereocenters. The van der Waals surface area contributed by atoms with E-state index < -0.39 is 0 Å². The maximum absolute atomic E-state index is 5.74. The van der Waals surface area contributed by atoms with Gasteiger partial charge in [0.1, 0.15) is 5.76 Å². The van der Waals surface area contributed by atoms with E-state index in [-0.39, 0.29) is 0 Å². The van der Waals surface area contributed by atoms with E-state index in [2.05, 4.69) is 10.2 Å². The van der Waals surface area contributed by atoms with Crippen molar-refractivity contribution in [2.75, 3.05) is 13.1 Å². The Bertz CT molecular complexity index is 367. The van der Waals surface area contributed by atoms with Gasteiger partial charge < -0.3 is 14.6 Å². The summed E-state index contributed by atoms with van der Waals surface area (Å²) in [6.45, 7) is 3.29. The zero-order valence-electron chi connectivity index (χ0n) is 9.99. The molecule has 1 aromatic rings. The number of rotatable bonds is 4. The van der Waals surface area contributed by atoms with E-state index in [1.165, 1.54) is 38.8 Å². The lowest BCUT2D eigenvalue weighted by Gasteiger charge is -2.32. The zero-order chi connectivity index (χ0) is 11.7. The summed E-state index contributed by atoms with van der Waals surface area (Å²) in [6.07, 6.45) is 5.35. The molecule has 94 valence electrons. The van der Waals surface area contributed by atoms with Gasteiger partial charge in [-0.2, -0.15) is 0 Å². The Balaban J connectivity index is 1.41. The SMILES string of the molecule is Clc1ccc(CNC2CCN(C3CC3)CC2)o1. The molecule has 0 radical (unpaired) electrons. The van der Waals surface area contributed by atoms with Gasteiger partial charge in [-0.15, -0.1) is 0 Å². The van der Waals surface area contributed by atoms with Gasteiger partial charge in [0.2, 0.25) is 0 Å². The van der Waals surface area contributed by atoms with Gasteiger partial charge in [-0.05, 0) is 62.5 Å². The third kappa shape index (κ3) is 3.03. The standard InChI is InChI=1S/C13H19ClN2O/c14-13-4-3-12(17-13)9-15-10-5-7-16(8-6-10)11-1-2-11/h3-4,10-11,15H,1-2,5-9H2. The van der Waals surface area contributed by atoms with E-state index in [1.807, 2.05) is 6.07 Å². The molecule has 0 amide bonds. The fraction of sp³-hybridized carbons (Fsp3) is 0.692. The zero-order valence-corrected chi connectivity index (χ0v) is 10.7. The molecule has 1 N–H and O–H groups in total. The summed E-state index contributed by atoms with van der Waals surface area (Å²) in [4.78, 5) is 2.64. The molecule has 3 nitrogen and oxygen atoms in total. The highest BCUT2D eigenvalue weighted by atomic mass is 35.5. The quantitative estimate of drug-likeness (QED) is 0.896. The highest BCUT2D eigenvalue weighted by Gasteiger charge is 2.31. The van der Waals surface area contributed by atoms with Gasteiger partial charge in [-0.1, -0.05) is 0 Å². The molecule has 0 spiro atoms. The molecule has 1 saturated carbocycles. The van der Waals surface area contributed by atoms with Gasteiger partial charge in [0, 0.05) is 12.1 Å². The largest absolute Gasteiger partial charge is 0.448 e. The van der Waals surface area contributed by atoms with Crippen LogP contribution < -0.4 is 5.32 Å². The average Bonchev–Trinajstić information content (AvgIpc) is 3.11. The molecule has 2 aliphatic rings. The van der Waals surface area contributed by atoms with E-state index in [9.17, 15) is 0 Å². The third-order valence-electron chi connectivity index (χ3n) is 3.79. The van der Waals surface area contributed by atoms with Crippen molar-refractivity contribution in [2.45, 2.75) is 44.3 Å². The van der Waals surface area contributed by atoms with Crippen LogP contribution in [0.5, 0.6) is 0 Å². The summed E-state index contributed by atoms with van der Waals surface area (Å²) < 4.78 is 5.34. The Morgan fingerprint density at radius 3 is 2.59 bits per heavy atom. The van der Waals surface area contributed by atoms with Crippen molar-refractivity contribution in [2.24, 2.45) is 0 Å². The molecule has 0 bridgehead atoms. The molecule has 1 aliphatic carbocycles. The van der Waals surface area contributed by atoms with Crippen molar-refractivity contribution >= 4 is 11.6 Å². The molecule has 17 heavy (non-hydrogen) atoms. The number of likely N-dealkylation sites (tertiary alicyclic amines) is 1. The van der Waals surface area contributed by atoms with Gasteiger partial charge in [0.25, 0.3) is 0 Å². The second-order valence-electron chi connectivity index (χ2n) is 5.13. The van der Waals surface area contributed by atoms with E-state index in [1.54, 1.807) is 6.07 Å². The Morgan fingerprint density at radius 2 is 2.00 bits per heavy atom. The van der Waals surface area contributed by atoms with Crippen LogP contribution in [-0.2, 0) is 6.54 Å². The molecule has 1 aliphatic heterocycles. The molecule has 3 rings (SSSR count). The molecule has 0 atom stereocenters.